The van der Waals surface area contributed by atoms with Crippen LogP contribution in [0.25, 0.3) is 5.57 Å². The summed E-state index contributed by atoms with van der Waals surface area (Å²) in [6.45, 7) is 6.57. The van der Waals surface area contributed by atoms with Gasteiger partial charge in [-0.05, 0) is 105 Å². The standard InChI is InChI=1S/C35H35N5O2S/c1-23-21-35(2,3)39(4)30-18-13-24(20-28(23)30)33-32(29-12-8-9-19-36-29)38-34(43)40(33)26-16-14-25(15-17-26)37-31(41)22-42-27-10-6-5-7-11-27/h5-21,32-33H,22H2,1-4H3,(H,37,41)(H,38,43)/t32-,33-/m1/s1. The summed E-state index contributed by atoms with van der Waals surface area (Å²) in [4.78, 5) is 21.7. The largest absolute Gasteiger partial charge is 0.484 e. The van der Waals surface area contributed by atoms with Gasteiger partial charge >= 0.3 is 0 Å². The number of aromatic nitrogens is 1. The molecule has 0 radical (unpaired) electrons. The summed E-state index contributed by atoms with van der Waals surface area (Å²) in [6, 6.07) is 29.4. The van der Waals surface area contributed by atoms with E-state index in [2.05, 4.69) is 72.5 Å². The van der Waals surface area contributed by atoms with Crippen molar-refractivity contribution in [1.82, 2.24) is 10.3 Å². The third kappa shape index (κ3) is 5.70. The number of nitrogens with one attached hydrogen (secondary N) is 2. The second kappa shape index (κ2) is 11.5. The minimum atomic E-state index is -0.228. The number of benzene rings is 3. The second-order valence-corrected chi connectivity index (χ2v) is 11.9. The fraction of sp³-hybridized carbons (Fsp3) is 0.229. The van der Waals surface area contributed by atoms with Crippen molar-refractivity contribution >= 4 is 45.9 Å². The Bertz CT molecular complexity index is 1670. The lowest BCUT2D eigenvalue weighted by molar-refractivity contribution is -0.118. The van der Waals surface area contributed by atoms with Crippen molar-refractivity contribution in [2.24, 2.45) is 0 Å². The molecule has 8 heteroatoms. The van der Waals surface area contributed by atoms with Gasteiger partial charge in [0.2, 0.25) is 0 Å². The van der Waals surface area contributed by atoms with E-state index in [-0.39, 0.29) is 30.1 Å². The molecule has 0 bridgehead atoms. The number of fused-ring (bicyclic) bond motifs is 1. The molecule has 2 atom stereocenters. The Labute approximate surface area is 258 Å². The number of pyridine rings is 1. The molecule has 2 N–H and O–H groups in total. The van der Waals surface area contributed by atoms with Gasteiger partial charge in [0.25, 0.3) is 5.91 Å². The Morgan fingerprint density at radius 1 is 1.02 bits per heavy atom. The molecule has 0 saturated carbocycles. The van der Waals surface area contributed by atoms with Crippen molar-refractivity contribution in [3.8, 4) is 5.75 Å². The first-order chi connectivity index (χ1) is 20.7. The molecule has 3 aromatic carbocycles. The molecule has 0 spiro atoms. The van der Waals surface area contributed by atoms with Gasteiger partial charge in [-0.25, -0.2) is 0 Å². The molecule has 0 unspecified atom stereocenters. The third-order valence-electron chi connectivity index (χ3n) is 8.22. The van der Waals surface area contributed by atoms with Gasteiger partial charge in [-0.1, -0.05) is 36.4 Å². The van der Waals surface area contributed by atoms with Gasteiger partial charge in [0.1, 0.15) is 5.75 Å². The maximum absolute atomic E-state index is 12.5. The van der Waals surface area contributed by atoms with E-state index in [1.165, 1.54) is 16.8 Å². The fourth-order valence-corrected chi connectivity index (χ4v) is 6.25. The van der Waals surface area contributed by atoms with Gasteiger partial charge in [0.15, 0.2) is 11.7 Å². The maximum Gasteiger partial charge on any atom is 0.262 e. The highest BCUT2D eigenvalue weighted by Crippen LogP contribution is 2.45. The van der Waals surface area contributed by atoms with Gasteiger partial charge in [-0.3, -0.25) is 9.78 Å². The van der Waals surface area contributed by atoms with E-state index in [1.807, 2.05) is 79.0 Å². The van der Waals surface area contributed by atoms with E-state index in [0.717, 1.165) is 16.9 Å². The number of amides is 1. The summed E-state index contributed by atoms with van der Waals surface area (Å²) in [5.41, 5.74) is 7.27. The van der Waals surface area contributed by atoms with Crippen LogP contribution in [0.3, 0.4) is 0 Å². The monoisotopic (exact) mass is 589 g/mol. The Balaban J connectivity index is 1.29. The number of hydrogen-bond acceptors (Lipinski definition) is 5. The molecule has 7 nitrogen and oxygen atoms in total. The van der Waals surface area contributed by atoms with Gasteiger partial charge in [-0.2, -0.15) is 0 Å². The molecule has 1 aromatic heterocycles. The Kier molecular flexibility index (Phi) is 7.62. The Morgan fingerprint density at radius 2 is 1.77 bits per heavy atom. The zero-order valence-corrected chi connectivity index (χ0v) is 25.6. The predicted octanol–water partition coefficient (Wildman–Crippen LogP) is 6.91. The molecule has 1 fully saturated rings. The highest BCUT2D eigenvalue weighted by Gasteiger charge is 2.41. The van der Waals surface area contributed by atoms with Crippen molar-refractivity contribution in [2.75, 3.05) is 28.8 Å². The minimum absolute atomic E-state index is 0.0670. The number of rotatable bonds is 7. The number of nitrogens with zero attached hydrogens (tertiary/aromatic N) is 3. The first kappa shape index (κ1) is 28.4. The van der Waals surface area contributed by atoms with Gasteiger partial charge in [0, 0.05) is 35.9 Å². The van der Waals surface area contributed by atoms with E-state index in [4.69, 9.17) is 21.9 Å². The lowest BCUT2D eigenvalue weighted by atomic mass is 9.86. The first-order valence-electron chi connectivity index (χ1n) is 14.4. The van der Waals surface area contributed by atoms with Gasteiger partial charge in [0.05, 0.1) is 23.3 Å². The number of allylic oxidation sites excluding steroid dienone is 1. The van der Waals surface area contributed by atoms with Crippen LogP contribution in [0.2, 0.25) is 0 Å². The van der Waals surface area contributed by atoms with Crippen LogP contribution in [-0.2, 0) is 4.79 Å². The van der Waals surface area contributed by atoms with Crippen molar-refractivity contribution in [1.29, 1.82) is 0 Å². The third-order valence-corrected chi connectivity index (χ3v) is 8.54. The van der Waals surface area contributed by atoms with Crippen LogP contribution in [-0.4, -0.2) is 35.2 Å². The quantitative estimate of drug-likeness (QED) is 0.227. The van der Waals surface area contributed by atoms with Crippen molar-refractivity contribution in [3.05, 3.63) is 120 Å². The molecule has 1 saturated heterocycles. The summed E-state index contributed by atoms with van der Waals surface area (Å²) in [5, 5.41) is 7.08. The second-order valence-electron chi connectivity index (χ2n) is 11.5. The summed E-state index contributed by atoms with van der Waals surface area (Å²) >= 11 is 5.93. The van der Waals surface area contributed by atoms with E-state index in [1.54, 1.807) is 0 Å². The zero-order valence-electron chi connectivity index (χ0n) is 24.7. The van der Waals surface area contributed by atoms with Crippen LogP contribution in [0, 0.1) is 0 Å². The molecular formula is C35H35N5O2S. The molecule has 218 valence electrons. The first-order valence-corrected chi connectivity index (χ1v) is 14.8. The lowest BCUT2D eigenvalue weighted by Gasteiger charge is -2.41. The predicted molar refractivity (Wildman–Crippen MR) is 178 cm³/mol. The highest BCUT2D eigenvalue weighted by atomic mass is 32.1. The molecule has 3 heterocycles. The van der Waals surface area contributed by atoms with Crippen LogP contribution < -0.4 is 25.2 Å². The molecule has 1 amide bonds. The van der Waals surface area contributed by atoms with Gasteiger partial charge in [-0.15, -0.1) is 0 Å². The lowest BCUT2D eigenvalue weighted by Crippen LogP contribution is -2.42. The fourth-order valence-electron chi connectivity index (χ4n) is 5.90. The Hall–Kier alpha value is -4.69. The van der Waals surface area contributed by atoms with Crippen LogP contribution >= 0.6 is 12.2 Å². The molecule has 6 rings (SSSR count). The average Bonchev–Trinajstić information content (AvgIpc) is 3.36. The molecule has 2 aliphatic rings. The van der Waals surface area contributed by atoms with E-state index in [9.17, 15) is 4.79 Å². The van der Waals surface area contributed by atoms with E-state index < -0.39 is 0 Å². The molecular weight excluding hydrogens is 554 g/mol. The summed E-state index contributed by atoms with van der Waals surface area (Å²) in [6.07, 6.45) is 4.14. The number of carbonyl (C=O) groups is 1. The van der Waals surface area contributed by atoms with Crippen molar-refractivity contribution < 1.29 is 9.53 Å². The zero-order chi connectivity index (χ0) is 30.1. The topological polar surface area (TPSA) is 69.7 Å². The number of anilines is 3. The number of para-hydroxylation sites is 1. The number of thiocarbonyl (C=S) groups is 1. The molecule has 43 heavy (non-hydrogen) atoms. The highest BCUT2D eigenvalue weighted by molar-refractivity contribution is 7.80. The number of ether oxygens (including phenoxy) is 1. The Morgan fingerprint density at radius 3 is 2.49 bits per heavy atom. The summed E-state index contributed by atoms with van der Waals surface area (Å²) in [5.74, 6) is 0.424. The molecule has 2 aliphatic heterocycles. The smallest absolute Gasteiger partial charge is 0.262 e. The molecule has 4 aromatic rings. The maximum atomic E-state index is 12.5. The van der Waals surface area contributed by atoms with Crippen LogP contribution in [0.5, 0.6) is 5.75 Å². The number of likely N-dealkylation sites (N-methyl/N-ethyl adjacent to an activating group) is 1. The van der Waals surface area contributed by atoms with Gasteiger partial charge < -0.3 is 25.2 Å². The number of carbonyl (C=O) groups excluding carboxylic acids is 1. The van der Waals surface area contributed by atoms with Crippen molar-refractivity contribution in [3.63, 3.8) is 0 Å². The molecule has 0 aliphatic carbocycles. The summed E-state index contributed by atoms with van der Waals surface area (Å²) in [7, 11) is 2.14. The normalized spacial score (nSPS) is 18.9. The average molecular weight is 590 g/mol. The number of hydrogen-bond donors (Lipinski definition) is 2. The van der Waals surface area contributed by atoms with Crippen LogP contribution in [0.1, 0.15) is 49.7 Å². The van der Waals surface area contributed by atoms with Crippen molar-refractivity contribution in [2.45, 2.75) is 38.4 Å². The van der Waals surface area contributed by atoms with E-state index >= 15 is 0 Å². The SMILES string of the molecule is CC1=CC(C)(C)N(C)c2ccc([C@@H]3[C@@H](c4ccccn4)NC(=S)N3c3ccc(NC(=O)COc4ccccc4)cc3)cc21. The minimum Gasteiger partial charge on any atom is -0.484 e. The van der Waals surface area contributed by atoms with E-state index in [0.29, 0.717) is 16.5 Å². The van der Waals surface area contributed by atoms with Crippen LogP contribution in [0.4, 0.5) is 17.1 Å². The van der Waals surface area contributed by atoms with Crippen LogP contribution in [0.15, 0.2) is 103 Å². The summed E-state index contributed by atoms with van der Waals surface area (Å²) < 4.78 is 5.58.